The molecule has 0 aliphatic carbocycles. The van der Waals surface area contributed by atoms with E-state index in [0.29, 0.717) is 12.1 Å². The smallest absolute Gasteiger partial charge is 0.460 e. The number of pyridine rings is 1. The maximum atomic E-state index is 13.2. The second kappa shape index (κ2) is 8.21. The Kier molecular flexibility index (Phi) is 6.89. The molecule has 2 rings (SSSR count). The topological polar surface area (TPSA) is 76.2 Å². The number of nitrogens with two attached hydrogens (primary N) is 1. The summed E-state index contributed by atoms with van der Waals surface area (Å²) in [7, 11) is 0. The Morgan fingerprint density at radius 2 is 1.64 bits per heavy atom. The van der Waals surface area contributed by atoms with Crippen molar-refractivity contribution in [1.29, 1.82) is 0 Å². The number of halogens is 8. The molecule has 0 radical (unpaired) electrons. The normalized spacial score (nSPS) is 12.2. The van der Waals surface area contributed by atoms with Crippen molar-refractivity contribution in [2.75, 3.05) is 5.73 Å². The molecule has 0 saturated heterocycles. The zero-order valence-corrected chi connectivity index (χ0v) is 14.6. The van der Waals surface area contributed by atoms with E-state index >= 15 is 0 Å². The Bertz CT molecular complexity index is 857. The summed E-state index contributed by atoms with van der Waals surface area (Å²) in [6, 6.07) is 4.49. The van der Waals surface area contributed by atoms with Crippen LogP contribution in [-0.4, -0.2) is 28.2 Å². The lowest BCUT2D eigenvalue weighted by Gasteiger charge is -2.28. The summed E-state index contributed by atoms with van der Waals surface area (Å²) < 4.78 is 87.7. The number of aromatic nitrogens is 1. The van der Waals surface area contributed by atoms with Gasteiger partial charge in [0.1, 0.15) is 5.15 Å². The van der Waals surface area contributed by atoms with E-state index in [1.165, 1.54) is 25.3 Å². The number of aryl methyl sites for hydroxylation is 1. The van der Waals surface area contributed by atoms with E-state index < -0.39 is 29.6 Å². The molecule has 0 aliphatic rings. The molecule has 1 heterocycles. The van der Waals surface area contributed by atoms with Gasteiger partial charge in [-0.25, -0.2) is 9.78 Å². The molecule has 4 nitrogen and oxygen atoms in total. The van der Waals surface area contributed by atoms with E-state index in [-0.39, 0.29) is 22.0 Å². The van der Waals surface area contributed by atoms with E-state index in [2.05, 4.69) is 4.98 Å². The summed E-state index contributed by atoms with van der Waals surface area (Å²) in [4.78, 5) is 13.9. The minimum absolute atomic E-state index is 0.00912. The highest BCUT2D eigenvalue weighted by atomic mass is 35.5. The average molecular weight is 433 g/mol. The molecular weight excluding hydrogens is 421 g/mol. The van der Waals surface area contributed by atoms with Crippen molar-refractivity contribution >= 4 is 23.3 Å². The van der Waals surface area contributed by atoms with Gasteiger partial charge in [0.2, 0.25) is 0 Å². The number of rotatable bonds is 3. The van der Waals surface area contributed by atoms with Gasteiger partial charge < -0.3 is 10.8 Å². The summed E-state index contributed by atoms with van der Waals surface area (Å²) in [5.74, 6) is -12.5. The van der Waals surface area contributed by atoms with Crippen LogP contribution in [0.2, 0.25) is 5.15 Å². The van der Waals surface area contributed by atoms with Gasteiger partial charge in [0, 0.05) is 17.4 Å². The van der Waals surface area contributed by atoms with Gasteiger partial charge in [-0.15, -0.1) is 0 Å². The Hall–Kier alpha value is -2.56. The standard InChI is InChI=1S/C10H8F7N.C6H4ClNO2/c1-5-4-6(2-3-7(5)18)8(11,12)9(13,14)10(15,16)17;7-5-3-4(6(9)10)1-2-8-5/h2-4H,18H2,1H3;1-3H,(H,9,10). The Labute approximate surface area is 158 Å². The van der Waals surface area contributed by atoms with Crippen molar-refractivity contribution in [2.24, 2.45) is 0 Å². The number of hydrogen-bond acceptors (Lipinski definition) is 3. The molecule has 154 valence electrons. The SMILES string of the molecule is Cc1cc(C(F)(F)C(F)(F)C(F)(F)F)ccc1N.O=C(O)c1ccnc(Cl)c1. The highest BCUT2D eigenvalue weighted by Gasteiger charge is 2.73. The lowest BCUT2D eigenvalue weighted by molar-refractivity contribution is -0.359. The van der Waals surface area contributed by atoms with Crippen molar-refractivity contribution in [1.82, 2.24) is 4.98 Å². The van der Waals surface area contributed by atoms with Crippen LogP contribution in [0.5, 0.6) is 0 Å². The Morgan fingerprint density at radius 1 is 1.07 bits per heavy atom. The first-order valence-electron chi connectivity index (χ1n) is 7.15. The van der Waals surface area contributed by atoms with Crippen LogP contribution in [0.25, 0.3) is 0 Å². The molecule has 3 N–H and O–H groups in total. The highest BCUT2D eigenvalue weighted by Crippen LogP contribution is 2.51. The molecule has 0 unspecified atom stereocenters. The molecule has 0 aliphatic heterocycles. The Balaban J connectivity index is 0.000000330. The zero-order valence-electron chi connectivity index (χ0n) is 13.9. The number of carboxylic acid groups (broad SMARTS) is 1. The fourth-order valence-electron chi connectivity index (χ4n) is 1.77. The van der Waals surface area contributed by atoms with Crippen molar-refractivity contribution in [3.8, 4) is 0 Å². The lowest BCUT2D eigenvalue weighted by atomic mass is 9.99. The summed E-state index contributed by atoms with van der Waals surface area (Å²) in [6.45, 7) is 1.22. The third-order valence-corrected chi connectivity index (χ3v) is 3.56. The van der Waals surface area contributed by atoms with Crippen LogP contribution in [0.1, 0.15) is 21.5 Å². The number of alkyl halides is 7. The maximum Gasteiger partial charge on any atom is 0.460 e. The molecule has 1 aromatic carbocycles. The van der Waals surface area contributed by atoms with Crippen LogP contribution < -0.4 is 5.73 Å². The van der Waals surface area contributed by atoms with E-state index in [0.717, 1.165) is 6.07 Å². The number of nitrogen functional groups attached to an aromatic ring is 1. The van der Waals surface area contributed by atoms with Crippen molar-refractivity contribution in [3.05, 3.63) is 58.4 Å². The zero-order chi connectivity index (χ0) is 21.9. The van der Waals surface area contributed by atoms with Crippen LogP contribution in [0.3, 0.4) is 0 Å². The molecule has 0 spiro atoms. The van der Waals surface area contributed by atoms with E-state index in [9.17, 15) is 35.5 Å². The van der Waals surface area contributed by atoms with Gasteiger partial charge in [0.15, 0.2) is 0 Å². The number of anilines is 1. The molecule has 0 bridgehead atoms. The summed E-state index contributed by atoms with van der Waals surface area (Å²) in [6.07, 6.45) is -4.99. The number of hydrogen-bond donors (Lipinski definition) is 2. The van der Waals surface area contributed by atoms with Crippen LogP contribution >= 0.6 is 11.6 Å². The minimum atomic E-state index is -6.34. The second-order valence-electron chi connectivity index (χ2n) is 5.39. The van der Waals surface area contributed by atoms with Gasteiger partial charge in [0.25, 0.3) is 0 Å². The van der Waals surface area contributed by atoms with Gasteiger partial charge in [-0.2, -0.15) is 30.7 Å². The molecule has 0 saturated carbocycles. The monoisotopic (exact) mass is 432 g/mol. The minimum Gasteiger partial charge on any atom is -0.478 e. The van der Waals surface area contributed by atoms with Crippen molar-refractivity contribution < 1.29 is 40.6 Å². The molecule has 0 fully saturated rings. The predicted octanol–water partition coefficient (Wildman–Crippen LogP) is 5.30. The predicted molar refractivity (Wildman–Crippen MR) is 86.7 cm³/mol. The largest absolute Gasteiger partial charge is 0.478 e. The van der Waals surface area contributed by atoms with Crippen LogP contribution in [0.4, 0.5) is 36.4 Å². The molecular formula is C16H12ClF7N2O2. The number of aromatic carboxylic acids is 1. The van der Waals surface area contributed by atoms with Crippen LogP contribution in [-0.2, 0) is 5.92 Å². The quantitative estimate of drug-likeness (QED) is 0.392. The van der Waals surface area contributed by atoms with Crippen molar-refractivity contribution in [2.45, 2.75) is 24.9 Å². The average Bonchev–Trinajstić information content (AvgIpc) is 2.56. The molecule has 0 amide bonds. The molecule has 0 atom stereocenters. The third kappa shape index (κ3) is 5.03. The lowest BCUT2D eigenvalue weighted by Crippen LogP contribution is -2.50. The highest BCUT2D eigenvalue weighted by molar-refractivity contribution is 6.29. The molecule has 1 aromatic heterocycles. The summed E-state index contributed by atoms with van der Waals surface area (Å²) in [5.41, 5.74) is 4.00. The number of carbonyl (C=O) groups is 1. The van der Waals surface area contributed by atoms with Gasteiger partial charge >= 0.3 is 24.0 Å². The fraction of sp³-hybridized carbons (Fsp3) is 0.250. The van der Waals surface area contributed by atoms with Crippen LogP contribution in [0, 0.1) is 6.92 Å². The Morgan fingerprint density at radius 3 is 2.04 bits per heavy atom. The number of carboxylic acids is 1. The maximum absolute atomic E-state index is 13.2. The van der Waals surface area contributed by atoms with E-state index in [4.69, 9.17) is 22.4 Å². The van der Waals surface area contributed by atoms with Crippen LogP contribution in [0.15, 0.2) is 36.5 Å². The molecule has 28 heavy (non-hydrogen) atoms. The van der Waals surface area contributed by atoms with Gasteiger partial charge in [-0.3, -0.25) is 0 Å². The first-order chi connectivity index (χ1) is 12.6. The van der Waals surface area contributed by atoms with E-state index in [1.54, 1.807) is 0 Å². The van der Waals surface area contributed by atoms with E-state index in [1.807, 2.05) is 0 Å². The van der Waals surface area contributed by atoms with Crippen molar-refractivity contribution in [3.63, 3.8) is 0 Å². The van der Waals surface area contributed by atoms with Gasteiger partial charge in [-0.1, -0.05) is 17.7 Å². The number of benzene rings is 1. The van der Waals surface area contributed by atoms with Gasteiger partial charge in [-0.05, 0) is 36.8 Å². The number of nitrogens with zero attached hydrogens (tertiary/aromatic N) is 1. The summed E-state index contributed by atoms with van der Waals surface area (Å²) >= 11 is 5.41. The molecule has 2 aromatic rings. The molecule has 12 heteroatoms. The third-order valence-electron chi connectivity index (χ3n) is 3.36. The summed E-state index contributed by atoms with van der Waals surface area (Å²) in [5, 5.41) is 8.62. The fourth-order valence-corrected chi connectivity index (χ4v) is 1.94. The first-order valence-corrected chi connectivity index (χ1v) is 7.53. The van der Waals surface area contributed by atoms with Gasteiger partial charge in [0.05, 0.1) is 5.56 Å². The second-order valence-corrected chi connectivity index (χ2v) is 5.78. The first kappa shape index (κ1) is 23.5.